The average molecular weight is 237 g/mol. The Morgan fingerprint density at radius 1 is 1.40 bits per heavy atom. The molecule has 66 valence electrons. The monoisotopic (exact) mass is 236 g/mol. The summed E-state index contributed by atoms with van der Waals surface area (Å²) in [6, 6.07) is 0. The van der Waals surface area contributed by atoms with Gasteiger partial charge in [0.15, 0.2) is 0 Å². The summed E-state index contributed by atoms with van der Waals surface area (Å²) < 4.78 is 0. The molecule has 0 fully saturated rings. The van der Waals surface area contributed by atoms with E-state index in [-0.39, 0.29) is 33.0 Å². The van der Waals surface area contributed by atoms with Crippen LogP contribution in [0.5, 0.6) is 0 Å². The van der Waals surface area contributed by atoms with E-state index in [2.05, 4.69) is 6.92 Å². The summed E-state index contributed by atoms with van der Waals surface area (Å²) in [7, 11) is 0. The van der Waals surface area contributed by atoms with Crippen LogP contribution in [0.1, 0.15) is 0 Å². The van der Waals surface area contributed by atoms with Crippen LogP contribution < -0.4 is 5.11 Å². The molecule has 0 aliphatic rings. The SMILES string of the molecule is O=[N+]([O-])[O-].[CH2-]C(=O)[O-].[Ni+2].[Ni]. The Kier molecular flexibility index (Phi) is 35.9. The van der Waals surface area contributed by atoms with Crippen molar-refractivity contribution in [3.05, 3.63) is 22.2 Å². The van der Waals surface area contributed by atoms with Crippen molar-refractivity contribution in [1.29, 1.82) is 0 Å². The standard InChI is InChI=1S/C2H3O2.NO3.2Ni/c1-2(3)4;2-1(3)4;;/h1H2,(H,3,4);;;/q2*-1;;+2/p-1. The minimum Gasteiger partial charge on any atom is -0.584 e. The number of carboxylic acids is 1. The summed E-state index contributed by atoms with van der Waals surface area (Å²) in [6.45, 7) is 2.44. The molecular weight excluding hydrogens is 235 g/mol. The molecule has 0 aliphatic carbocycles. The first-order valence-corrected chi connectivity index (χ1v) is 1.31. The first-order chi connectivity index (χ1) is 3.46. The Labute approximate surface area is 76.6 Å². The maximum atomic E-state index is 8.78. The van der Waals surface area contributed by atoms with Crippen molar-refractivity contribution in [3.8, 4) is 0 Å². The zero-order chi connectivity index (χ0) is 7.15. The van der Waals surface area contributed by atoms with Gasteiger partial charge in [-0.2, -0.15) is 0 Å². The minimum absolute atomic E-state index is 0. The van der Waals surface area contributed by atoms with E-state index in [1.54, 1.807) is 0 Å². The van der Waals surface area contributed by atoms with E-state index >= 15 is 0 Å². The molecule has 0 N–H and O–H groups in total. The van der Waals surface area contributed by atoms with Crippen LogP contribution in [-0.4, -0.2) is 11.1 Å². The number of hydrogen-bond acceptors (Lipinski definition) is 5. The number of hydrogen-bond donors (Lipinski definition) is 0. The number of aliphatic carboxylic acids is 1. The van der Waals surface area contributed by atoms with Crippen LogP contribution in [-0.2, 0) is 37.8 Å². The molecule has 0 aromatic rings. The maximum Gasteiger partial charge on any atom is 2.00 e. The third-order valence-electron chi connectivity index (χ3n) is 0. The number of carbonyl (C=O) groups excluding carboxylic acids is 1. The quantitative estimate of drug-likeness (QED) is 0.217. The molecule has 0 amide bonds. The molecule has 0 radical (unpaired) electrons. The summed E-state index contributed by atoms with van der Waals surface area (Å²) in [5.41, 5.74) is 0. The fourth-order valence-electron chi connectivity index (χ4n) is 0. The second-order valence-corrected chi connectivity index (χ2v) is 0.596. The third kappa shape index (κ3) is 1430. The molecule has 0 spiro atoms. The van der Waals surface area contributed by atoms with Gasteiger partial charge in [0.2, 0.25) is 0 Å². The Hall–Kier alpha value is -0.473. The molecule has 6 nitrogen and oxygen atoms in total. The maximum absolute atomic E-state index is 8.78. The number of rotatable bonds is 0. The zero-order valence-electron chi connectivity index (χ0n) is 4.33. The molecule has 0 aliphatic heterocycles. The van der Waals surface area contributed by atoms with Gasteiger partial charge in [0.25, 0.3) is 0 Å². The first kappa shape index (κ1) is 22.7. The van der Waals surface area contributed by atoms with Crippen molar-refractivity contribution >= 4 is 5.97 Å². The normalized spacial score (nSPS) is 4.80. The van der Waals surface area contributed by atoms with Gasteiger partial charge in [0, 0.05) is 16.5 Å². The van der Waals surface area contributed by atoms with Crippen molar-refractivity contribution in [2.75, 3.05) is 0 Å². The van der Waals surface area contributed by atoms with Gasteiger partial charge < -0.3 is 32.1 Å². The van der Waals surface area contributed by atoms with Crippen molar-refractivity contribution in [3.63, 3.8) is 0 Å². The van der Waals surface area contributed by atoms with Gasteiger partial charge in [-0.3, -0.25) is 0 Å². The number of carboxylic acid groups (broad SMARTS) is 1. The van der Waals surface area contributed by atoms with Gasteiger partial charge in [-0.15, -0.1) is 5.97 Å². The number of carbonyl (C=O) groups is 1. The molecular formula is C2H2NNi2O5-. The van der Waals surface area contributed by atoms with Gasteiger partial charge in [-0.25, -0.2) is 0 Å². The van der Waals surface area contributed by atoms with Gasteiger partial charge in [-0.05, 0) is 0 Å². The van der Waals surface area contributed by atoms with Crippen LogP contribution in [0.4, 0.5) is 0 Å². The van der Waals surface area contributed by atoms with Crippen LogP contribution >= 0.6 is 0 Å². The average Bonchev–Trinajstić information content (AvgIpc) is 1.25. The Morgan fingerprint density at radius 2 is 1.40 bits per heavy atom. The molecule has 0 bridgehead atoms. The zero-order valence-corrected chi connectivity index (χ0v) is 6.30. The second-order valence-electron chi connectivity index (χ2n) is 0.596. The molecule has 10 heavy (non-hydrogen) atoms. The minimum atomic E-state index is -1.75. The van der Waals surface area contributed by atoms with E-state index in [0.717, 1.165) is 0 Å². The third-order valence-corrected chi connectivity index (χ3v) is 0. The summed E-state index contributed by atoms with van der Waals surface area (Å²) in [5, 5.41) is 23.5. The first-order valence-electron chi connectivity index (χ1n) is 1.31. The number of nitrogens with zero attached hydrogens (tertiary/aromatic N) is 1. The van der Waals surface area contributed by atoms with E-state index in [1.807, 2.05) is 0 Å². The van der Waals surface area contributed by atoms with Crippen LogP contribution in [0.15, 0.2) is 0 Å². The predicted octanol–water partition coefficient (Wildman–Crippen LogP) is -1.67. The van der Waals surface area contributed by atoms with Crippen molar-refractivity contribution in [2.24, 2.45) is 0 Å². The summed E-state index contributed by atoms with van der Waals surface area (Å²) in [6.07, 6.45) is 0. The molecule has 0 saturated carbocycles. The second kappa shape index (κ2) is 15.8. The van der Waals surface area contributed by atoms with Gasteiger partial charge >= 0.3 is 16.5 Å². The Morgan fingerprint density at radius 3 is 1.40 bits per heavy atom. The van der Waals surface area contributed by atoms with E-state index < -0.39 is 11.1 Å². The summed E-state index contributed by atoms with van der Waals surface area (Å²) >= 11 is 0. The molecule has 0 unspecified atom stereocenters. The van der Waals surface area contributed by atoms with E-state index in [9.17, 15) is 0 Å². The van der Waals surface area contributed by atoms with Crippen LogP contribution in [0.25, 0.3) is 0 Å². The Bertz CT molecular complexity index is 75.6. The summed E-state index contributed by atoms with van der Waals surface area (Å²) in [4.78, 5) is 17.0. The molecule has 0 saturated heterocycles. The van der Waals surface area contributed by atoms with Gasteiger partial charge in [0.05, 0.1) is 5.09 Å². The molecule has 0 aromatic carbocycles. The van der Waals surface area contributed by atoms with Crippen molar-refractivity contribution in [1.82, 2.24) is 0 Å². The molecule has 8 heteroatoms. The molecule has 0 rings (SSSR count). The van der Waals surface area contributed by atoms with Crippen molar-refractivity contribution < 1.29 is 48.0 Å². The van der Waals surface area contributed by atoms with Crippen LogP contribution in [0.2, 0.25) is 0 Å². The van der Waals surface area contributed by atoms with E-state index in [0.29, 0.717) is 0 Å². The smallest absolute Gasteiger partial charge is 0.584 e. The molecule has 0 heterocycles. The Balaban J connectivity index is -0.0000000300. The predicted molar refractivity (Wildman–Crippen MR) is 20.7 cm³/mol. The van der Waals surface area contributed by atoms with Crippen LogP contribution in [0.3, 0.4) is 0 Å². The topological polar surface area (TPSA) is 106 Å². The molecule has 0 atom stereocenters. The largest absolute Gasteiger partial charge is 2.00 e. The van der Waals surface area contributed by atoms with E-state index in [4.69, 9.17) is 25.2 Å². The molecule has 0 aromatic heterocycles. The van der Waals surface area contributed by atoms with Crippen LogP contribution in [0, 0.1) is 22.2 Å². The van der Waals surface area contributed by atoms with Gasteiger partial charge in [0.1, 0.15) is 0 Å². The van der Waals surface area contributed by atoms with Crippen molar-refractivity contribution in [2.45, 2.75) is 0 Å². The van der Waals surface area contributed by atoms with Gasteiger partial charge in [-0.1, -0.05) is 0 Å². The summed E-state index contributed by atoms with van der Waals surface area (Å²) in [5.74, 6) is -1.33. The van der Waals surface area contributed by atoms with E-state index in [1.165, 1.54) is 0 Å². The fraction of sp³-hybridized carbons (Fsp3) is 0. The fourth-order valence-corrected chi connectivity index (χ4v) is 0.